The summed E-state index contributed by atoms with van der Waals surface area (Å²) in [4.78, 5) is 4.52. The predicted molar refractivity (Wildman–Crippen MR) is 113 cm³/mol. The molecule has 1 atom stereocenters. The molecule has 2 aromatic rings. The summed E-state index contributed by atoms with van der Waals surface area (Å²) in [5, 5.41) is 4.13. The zero-order valence-corrected chi connectivity index (χ0v) is 18.6. The molecular weight excluding hydrogens is 402 g/mol. The minimum absolute atomic E-state index is 0.0559. The highest BCUT2D eigenvalue weighted by atomic mass is 32.2. The van der Waals surface area contributed by atoms with E-state index in [9.17, 15) is 8.42 Å². The van der Waals surface area contributed by atoms with Crippen molar-refractivity contribution < 1.29 is 17.7 Å². The summed E-state index contributed by atoms with van der Waals surface area (Å²) in [5.74, 6) is 2.17. The van der Waals surface area contributed by atoms with Crippen LogP contribution in [0.1, 0.15) is 62.7 Å². The Labute approximate surface area is 178 Å². The van der Waals surface area contributed by atoms with E-state index in [1.165, 1.54) is 0 Å². The fraction of sp³-hybridized carbons (Fsp3) is 0.636. The Kier molecular flexibility index (Phi) is 6.27. The maximum atomic E-state index is 12.8. The lowest BCUT2D eigenvalue weighted by molar-refractivity contribution is -0.120. The number of sulfonamides is 1. The number of ether oxygens (including phenoxy) is 1. The van der Waals surface area contributed by atoms with Gasteiger partial charge >= 0.3 is 0 Å². The van der Waals surface area contributed by atoms with E-state index in [1.807, 2.05) is 44.2 Å². The first-order valence-corrected chi connectivity index (χ1v) is 12.4. The molecule has 0 amide bonds. The number of nitrogens with zero attached hydrogens (tertiary/aromatic N) is 3. The van der Waals surface area contributed by atoms with Gasteiger partial charge in [-0.25, -0.2) is 12.7 Å². The molecule has 3 heterocycles. The van der Waals surface area contributed by atoms with Crippen molar-refractivity contribution in [2.45, 2.75) is 63.2 Å². The molecule has 0 N–H and O–H groups in total. The standard InChI is InChI=1S/C22H31N3O4S/c1-17(2)21-23-20(24-29-21)14-19-8-13-28-22(15-19)9-11-25(12-10-22)30(26,27)16-18-6-4-3-5-7-18/h3-7,17,19H,8-16H2,1-2H3. The van der Waals surface area contributed by atoms with Crippen molar-refractivity contribution in [3.8, 4) is 0 Å². The molecule has 1 aromatic carbocycles. The van der Waals surface area contributed by atoms with E-state index < -0.39 is 10.0 Å². The van der Waals surface area contributed by atoms with Crippen molar-refractivity contribution in [1.29, 1.82) is 0 Å². The molecule has 0 radical (unpaired) electrons. The van der Waals surface area contributed by atoms with Gasteiger partial charge in [0.1, 0.15) is 0 Å². The minimum Gasteiger partial charge on any atom is -0.375 e. The molecule has 1 aromatic heterocycles. The lowest BCUT2D eigenvalue weighted by Crippen LogP contribution is -2.51. The van der Waals surface area contributed by atoms with Crippen LogP contribution >= 0.6 is 0 Å². The molecule has 7 nitrogen and oxygen atoms in total. The first kappa shape index (κ1) is 21.5. The number of aromatic nitrogens is 2. The van der Waals surface area contributed by atoms with E-state index >= 15 is 0 Å². The van der Waals surface area contributed by atoms with Gasteiger partial charge in [0.2, 0.25) is 15.9 Å². The third kappa shape index (κ3) is 4.92. The minimum atomic E-state index is -3.31. The second-order valence-electron chi connectivity index (χ2n) is 8.94. The highest BCUT2D eigenvalue weighted by Gasteiger charge is 2.42. The van der Waals surface area contributed by atoms with Crippen LogP contribution in [0.3, 0.4) is 0 Å². The predicted octanol–water partition coefficient (Wildman–Crippen LogP) is 3.53. The molecular formula is C22H31N3O4S. The third-order valence-electron chi connectivity index (χ3n) is 6.26. The Morgan fingerprint density at radius 1 is 1.20 bits per heavy atom. The fourth-order valence-electron chi connectivity index (χ4n) is 4.54. The number of hydrogen-bond acceptors (Lipinski definition) is 6. The van der Waals surface area contributed by atoms with E-state index in [-0.39, 0.29) is 17.3 Å². The van der Waals surface area contributed by atoms with Gasteiger partial charge in [-0.3, -0.25) is 0 Å². The molecule has 0 aliphatic carbocycles. The highest BCUT2D eigenvalue weighted by molar-refractivity contribution is 7.88. The van der Waals surface area contributed by atoms with Crippen LogP contribution in [0, 0.1) is 5.92 Å². The van der Waals surface area contributed by atoms with Crippen LogP contribution < -0.4 is 0 Å². The van der Waals surface area contributed by atoms with Crippen molar-refractivity contribution in [3.05, 3.63) is 47.6 Å². The lowest BCUT2D eigenvalue weighted by atomic mass is 9.78. The SMILES string of the molecule is CC(C)c1nc(CC2CCOC3(CCN(S(=O)(=O)Cc4ccccc4)CC3)C2)no1. The normalized spacial score (nSPS) is 22.6. The quantitative estimate of drug-likeness (QED) is 0.693. The van der Waals surface area contributed by atoms with E-state index in [0.29, 0.717) is 31.5 Å². The number of benzene rings is 1. The van der Waals surface area contributed by atoms with Crippen LogP contribution in [0.4, 0.5) is 0 Å². The maximum absolute atomic E-state index is 12.8. The molecule has 8 heteroatoms. The van der Waals surface area contributed by atoms with Gasteiger partial charge in [-0.05, 0) is 37.2 Å². The van der Waals surface area contributed by atoms with Crippen LogP contribution in [0.25, 0.3) is 0 Å². The van der Waals surface area contributed by atoms with Crippen LogP contribution in [0.2, 0.25) is 0 Å². The summed E-state index contributed by atoms with van der Waals surface area (Å²) in [6.07, 6.45) is 4.16. The average Bonchev–Trinajstić information content (AvgIpc) is 3.18. The summed E-state index contributed by atoms with van der Waals surface area (Å²) in [6.45, 7) is 5.82. The van der Waals surface area contributed by atoms with Crippen molar-refractivity contribution in [2.24, 2.45) is 5.92 Å². The molecule has 164 valence electrons. The Hall–Kier alpha value is -1.77. The van der Waals surface area contributed by atoms with Crippen LogP contribution in [0.15, 0.2) is 34.9 Å². The topological polar surface area (TPSA) is 85.5 Å². The van der Waals surface area contributed by atoms with Gasteiger partial charge in [-0.15, -0.1) is 0 Å². The molecule has 30 heavy (non-hydrogen) atoms. The molecule has 1 unspecified atom stereocenters. The van der Waals surface area contributed by atoms with E-state index in [0.717, 1.165) is 43.5 Å². The maximum Gasteiger partial charge on any atom is 0.229 e. The van der Waals surface area contributed by atoms with Crippen molar-refractivity contribution in [3.63, 3.8) is 0 Å². The smallest absolute Gasteiger partial charge is 0.229 e. The zero-order valence-electron chi connectivity index (χ0n) is 17.8. The number of hydrogen-bond donors (Lipinski definition) is 0. The Morgan fingerprint density at radius 2 is 1.93 bits per heavy atom. The molecule has 0 saturated carbocycles. The largest absolute Gasteiger partial charge is 0.375 e. The molecule has 2 aliphatic heterocycles. The Balaban J connectivity index is 1.35. The summed E-state index contributed by atoms with van der Waals surface area (Å²) in [5.41, 5.74) is 0.597. The molecule has 4 rings (SSSR count). The van der Waals surface area contributed by atoms with Crippen molar-refractivity contribution >= 4 is 10.0 Å². The van der Waals surface area contributed by atoms with E-state index in [2.05, 4.69) is 10.1 Å². The average molecular weight is 434 g/mol. The number of piperidine rings is 1. The van der Waals surface area contributed by atoms with Crippen molar-refractivity contribution in [1.82, 2.24) is 14.4 Å². The van der Waals surface area contributed by atoms with Gasteiger partial charge < -0.3 is 9.26 Å². The number of rotatable bonds is 6. The Morgan fingerprint density at radius 3 is 2.60 bits per heavy atom. The lowest BCUT2D eigenvalue weighted by Gasteiger charge is -2.45. The van der Waals surface area contributed by atoms with Crippen molar-refractivity contribution in [2.75, 3.05) is 19.7 Å². The van der Waals surface area contributed by atoms with Gasteiger partial charge in [-0.1, -0.05) is 49.3 Å². The first-order chi connectivity index (χ1) is 14.4. The second kappa shape index (κ2) is 8.77. The molecule has 2 saturated heterocycles. The van der Waals surface area contributed by atoms with Gasteiger partial charge in [0.05, 0.1) is 11.4 Å². The first-order valence-electron chi connectivity index (χ1n) is 10.8. The highest BCUT2D eigenvalue weighted by Crippen LogP contribution is 2.39. The zero-order chi connectivity index (χ0) is 21.2. The molecule has 1 spiro atoms. The summed E-state index contributed by atoms with van der Waals surface area (Å²) < 4.78 is 38.9. The monoisotopic (exact) mass is 433 g/mol. The van der Waals surface area contributed by atoms with Gasteiger partial charge in [0, 0.05) is 32.0 Å². The molecule has 2 aliphatic rings. The molecule has 0 bridgehead atoms. The molecule has 2 fully saturated rings. The van der Waals surface area contributed by atoms with Gasteiger partial charge in [0.25, 0.3) is 0 Å². The van der Waals surface area contributed by atoms with E-state index in [4.69, 9.17) is 9.26 Å². The van der Waals surface area contributed by atoms with Crippen LogP contribution in [-0.4, -0.2) is 48.2 Å². The second-order valence-corrected chi connectivity index (χ2v) is 10.9. The van der Waals surface area contributed by atoms with Gasteiger partial charge in [0.15, 0.2) is 5.82 Å². The summed E-state index contributed by atoms with van der Waals surface area (Å²) in [6, 6.07) is 9.37. The summed E-state index contributed by atoms with van der Waals surface area (Å²) >= 11 is 0. The van der Waals surface area contributed by atoms with E-state index in [1.54, 1.807) is 4.31 Å². The van der Waals surface area contributed by atoms with Gasteiger partial charge in [-0.2, -0.15) is 4.98 Å². The summed E-state index contributed by atoms with van der Waals surface area (Å²) in [7, 11) is -3.31. The Bertz CT molecular complexity index is 934. The fourth-order valence-corrected chi connectivity index (χ4v) is 6.08. The van der Waals surface area contributed by atoms with Crippen LogP contribution in [-0.2, 0) is 26.9 Å². The third-order valence-corrected chi connectivity index (χ3v) is 8.11. The van der Waals surface area contributed by atoms with Crippen LogP contribution in [0.5, 0.6) is 0 Å².